The van der Waals surface area contributed by atoms with E-state index in [1.54, 1.807) is 32.1 Å². The van der Waals surface area contributed by atoms with Crippen molar-refractivity contribution in [3.05, 3.63) is 82.1 Å². The van der Waals surface area contributed by atoms with Crippen molar-refractivity contribution in [2.24, 2.45) is 4.99 Å². The standard InChI is InChI=1S/C27H27IN2O6S/c1-6-35-26(33)22-15(4)29-27-30(23(22)17-9-7-8-10-19(17)36-14(2)3)25(32)21(37-27)13-16-11-18(28)24(31)20(12-16)34-5/h7-14,23,31H,6H2,1-5H3. The minimum Gasteiger partial charge on any atom is -0.504 e. The predicted octanol–water partition coefficient (Wildman–Crippen LogP) is 3.90. The van der Waals surface area contributed by atoms with E-state index in [1.807, 2.05) is 60.7 Å². The number of aromatic hydroxyl groups is 1. The number of fused-ring (bicyclic) bond motifs is 1. The SMILES string of the molecule is CCOC(=O)C1=C(C)N=c2sc(=Cc3cc(I)c(O)c(OC)c3)c(=O)n2C1c1ccccc1OC(C)C. The molecule has 0 radical (unpaired) electrons. The number of nitrogens with zero attached hydrogens (tertiary/aromatic N) is 2. The number of ether oxygens (including phenoxy) is 3. The molecular weight excluding hydrogens is 607 g/mol. The zero-order valence-electron chi connectivity index (χ0n) is 21.1. The van der Waals surface area contributed by atoms with Crippen LogP contribution >= 0.6 is 33.9 Å². The van der Waals surface area contributed by atoms with E-state index in [9.17, 15) is 14.7 Å². The number of para-hydroxylation sites is 1. The van der Waals surface area contributed by atoms with Gasteiger partial charge in [-0.2, -0.15) is 0 Å². The highest BCUT2D eigenvalue weighted by molar-refractivity contribution is 14.1. The first-order chi connectivity index (χ1) is 17.7. The Morgan fingerprint density at radius 3 is 2.68 bits per heavy atom. The summed E-state index contributed by atoms with van der Waals surface area (Å²) in [5.74, 6) is 0.397. The first kappa shape index (κ1) is 26.9. The number of benzene rings is 2. The molecule has 4 rings (SSSR count). The topological polar surface area (TPSA) is 99.4 Å². The molecule has 0 amide bonds. The highest BCUT2D eigenvalue weighted by Gasteiger charge is 2.35. The van der Waals surface area contributed by atoms with Crippen LogP contribution in [0.1, 0.15) is 44.9 Å². The lowest BCUT2D eigenvalue weighted by Gasteiger charge is -2.26. The van der Waals surface area contributed by atoms with Crippen molar-refractivity contribution < 1.29 is 24.1 Å². The Morgan fingerprint density at radius 2 is 2.00 bits per heavy atom. The largest absolute Gasteiger partial charge is 0.504 e. The Hall–Kier alpha value is -3.12. The smallest absolute Gasteiger partial charge is 0.338 e. The maximum Gasteiger partial charge on any atom is 0.338 e. The molecule has 0 fully saturated rings. The molecule has 1 N–H and O–H groups in total. The molecule has 1 aromatic heterocycles. The lowest BCUT2D eigenvalue weighted by atomic mass is 9.95. The molecule has 8 nitrogen and oxygen atoms in total. The van der Waals surface area contributed by atoms with Crippen LogP contribution in [0.25, 0.3) is 6.08 Å². The van der Waals surface area contributed by atoms with Gasteiger partial charge in [-0.15, -0.1) is 0 Å². The molecule has 1 aliphatic heterocycles. The van der Waals surface area contributed by atoms with E-state index in [1.165, 1.54) is 23.0 Å². The molecular formula is C27H27IN2O6S. The van der Waals surface area contributed by atoms with E-state index in [0.29, 0.717) is 46.8 Å². The van der Waals surface area contributed by atoms with Gasteiger partial charge in [-0.3, -0.25) is 9.36 Å². The highest BCUT2D eigenvalue weighted by Crippen LogP contribution is 2.36. The quantitative estimate of drug-likeness (QED) is 0.313. The van der Waals surface area contributed by atoms with Crippen molar-refractivity contribution in [2.75, 3.05) is 13.7 Å². The van der Waals surface area contributed by atoms with E-state index < -0.39 is 12.0 Å². The molecule has 0 spiro atoms. The van der Waals surface area contributed by atoms with Crippen LogP contribution in [-0.2, 0) is 9.53 Å². The van der Waals surface area contributed by atoms with Gasteiger partial charge in [0, 0.05) is 5.56 Å². The summed E-state index contributed by atoms with van der Waals surface area (Å²) in [4.78, 5) is 32.1. The van der Waals surface area contributed by atoms with Gasteiger partial charge in [0.25, 0.3) is 5.56 Å². The molecule has 37 heavy (non-hydrogen) atoms. The number of halogens is 1. The third-order valence-corrected chi connectivity index (χ3v) is 7.47. The van der Waals surface area contributed by atoms with Crippen molar-refractivity contribution in [1.82, 2.24) is 4.57 Å². The van der Waals surface area contributed by atoms with Crippen LogP contribution in [0.2, 0.25) is 0 Å². The summed E-state index contributed by atoms with van der Waals surface area (Å²) in [6.07, 6.45) is 1.62. The minimum absolute atomic E-state index is 0.0400. The van der Waals surface area contributed by atoms with E-state index in [2.05, 4.69) is 4.99 Å². The van der Waals surface area contributed by atoms with Gasteiger partial charge in [0.05, 0.1) is 39.2 Å². The van der Waals surface area contributed by atoms with Gasteiger partial charge < -0.3 is 19.3 Å². The normalized spacial score (nSPS) is 15.4. The van der Waals surface area contributed by atoms with E-state index in [0.717, 1.165) is 0 Å². The number of hydrogen-bond acceptors (Lipinski definition) is 8. The Balaban J connectivity index is 1.98. The Bertz CT molecular complexity index is 1570. The number of rotatable bonds is 7. The molecule has 0 aliphatic carbocycles. The Kier molecular flexibility index (Phi) is 8.08. The number of phenolic OH excluding ortho intramolecular Hbond substituents is 1. The number of carbonyl (C=O) groups excluding carboxylic acids is 1. The summed E-state index contributed by atoms with van der Waals surface area (Å²) in [6.45, 7) is 7.51. The first-order valence-corrected chi connectivity index (χ1v) is 13.6. The van der Waals surface area contributed by atoms with E-state index >= 15 is 0 Å². The average Bonchev–Trinajstić information content (AvgIpc) is 3.14. The van der Waals surface area contributed by atoms with Gasteiger partial charge in [-0.1, -0.05) is 29.5 Å². The van der Waals surface area contributed by atoms with Crippen LogP contribution in [0.3, 0.4) is 0 Å². The number of methoxy groups -OCH3 is 1. The number of phenols is 1. The van der Waals surface area contributed by atoms with Gasteiger partial charge in [0.15, 0.2) is 16.3 Å². The number of allylic oxidation sites excluding steroid dienone is 1. The molecule has 1 unspecified atom stereocenters. The van der Waals surface area contributed by atoms with Gasteiger partial charge in [-0.05, 0) is 80.1 Å². The summed E-state index contributed by atoms with van der Waals surface area (Å²) in [5, 5.41) is 10.2. The number of aromatic nitrogens is 1. The summed E-state index contributed by atoms with van der Waals surface area (Å²) < 4.78 is 19.3. The van der Waals surface area contributed by atoms with Crippen LogP contribution in [-0.4, -0.2) is 35.5 Å². The van der Waals surface area contributed by atoms with Crippen molar-refractivity contribution >= 4 is 46.0 Å². The average molecular weight is 634 g/mol. The van der Waals surface area contributed by atoms with Crippen LogP contribution < -0.4 is 24.4 Å². The first-order valence-electron chi connectivity index (χ1n) is 11.7. The Labute approximate surface area is 231 Å². The number of carbonyl (C=O) groups is 1. The molecule has 2 aromatic carbocycles. The summed E-state index contributed by atoms with van der Waals surface area (Å²) in [6, 6.07) is 10.0. The minimum atomic E-state index is -0.776. The molecule has 1 atom stereocenters. The second kappa shape index (κ2) is 11.1. The maximum atomic E-state index is 13.9. The van der Waals surface area contributed by atoms with Crippen molar-refractivity contribution in [2.45, 2.75) is 39.8 Å². The third-order valence-electron chi connectivity index (χ3n) is 5.66. The van der Waals surface area contributed by atoms with Crippen LogP contribution in [0.5, 0.6) is 17.2 Å². The molecule has 0 saturated heterocycles. The van der Waals surface area contributed by atoms with Gasteiger partial charge in [0.1, 0.15) is 11.8 Å². The molecule has 10 heteroatoms. The molecule has 0 saturated carbocycles. The van der Waals surface area contributed by atoms with Gasteiger partial charge in [-0.25, -0.2) is 9.79 Å². The maximum absolute atomic E-state index is 13.9. The summed E-state index contributed by atoms with van der Waals surface area (Å²) >= 11 is 3.24. The Morgan fingerprint density at radius 1 is 1.27 bits per heavy atom. The van der Waals surface area contributed by atoms with Crippen LogP contribution in [0, 0.1) is 3.57 Å². The van der Waals surface area contributed by atoms with E-state index in [-0.39, 0.29) is 24.0 Å². The summed E-state index contributed by atoms with van der Waals surface area (Å²) in [5.41, 5.74) is 1.83. The van der Waals surface area contributed by atoms with Crippen molar-refractivity contribution in [3.63, 3.8) is 0 Å². The fraction of sp³-hybridized carbons (Fsp3) is 0.296. The number of esters is 1. The lowest BCUT2D eigenvalue weighted by Crippen LogP contribution is -2.40. The van der Waals surface area contributed by atoms with Gasteiger partial charge >= 0.3 is 5.97 Å². The van der Waals surface area contributed by atoms with E-state index in [4.69, 9.17) is 14.2 Å². The molecule has 3 aromatic rings. The second-order valence-electron chi connectivity index (χ2n) is 8.56. The monoisotopic (exact) mass is 634 g/mol. The van der Waals surface area contributed by atoms with Crippen molar-refractivity contribution in [3.8, 4) is 17.2 Å². The van der Waals surface area contributed by atoms with Gasteiger partial charge in [0.2, 0.25) is 0 Å². The van der Waals surface area contributed by atoms with Crippen LogP contribution in [0.15, 0.2) is 57.5 Å². The summed E-state index contributed by atoms with van der Waals surface area (Å²) in [7, 11) is 1.47. The lowest BCUT2D eigenvalue weighted by molar-refractivity contribution is -0.139. The molecule has 0 bridgehead atoms. The molecule has 1 aliphatic rings. The fourth-order valence-electron chi connectivity index (χ4n) is 4.14. The molecule has 2 heterocycles. The zero-order chi connectivity index (χ0) is 26.9. The zero-order valence-corrected chi connectivity index (χ0v) is 24.0. The van der Waals surface area contributed by atoms with Crippen LogP contribution in [0.4, 0.5) is 0 Å². The van der Waals surface area contributed by atoms with Crippen molar-refractivity contribution in [1.29, 1.82) is 0 Å². The fourth-order valence-corrected chi connectivity index (χ4v) is 5.81. The number of hydrogen-bond donors (Lipinski definition) is 1. The highest BCUT2D eigenvalue weighted by atomic mass is 127. The molecule has 194 valence electrons. The number of thiazole rings is 1. The predicted molar refractivity (Wildman–Crippen MR) is 150 cm³/mol. The third kappa shape index (κ3) is 5.30. The second-order valence-corrected chi connectivity index (χ2v) is 10.7.